The summed E-state index contributed by atoms with van der Waals surface area (Å²) >= 11 is 12.3. The van der Waals surface area contributed by atoms with E-state index in [1.807, 2.05) is 0 Å². The Morgan fingerprint density at radius 2 is 2.03 bits per heavy atom. The van der Waals surface area contributed by atoms with Crippen LogP contribution in [0.25, 0.3) is 11.0 Å². The summed E-state index contributed by atoms with van der Waals surface area (Å²) in [5, 5.41) is 3.58. The molecule has 0 bridgehead atoms. The van der Waals surface area contributed by atoms with Gasteiger partial charge in [-0.25, -0.2) is 4.39 Å². The predicted molar refractivity (Wildman–Crippen MR) is 110 cm³/mol. The second-order valence-corrected chi connectivity index (χ2v) is 9.30. The standard InChI is InChI=1S/C19H17Cl2FN2O4S/c20-14-3-1-2-4-18(14)29(25,26)24(21)13-9-12-6-8-27-19(12)17(10-13)28-16-5-7-23-11-15(16)22/h1-4,6,8-10,15-16,23H,5,7,11H2/t15-,16-/m1/s1. The number of fused-ring (bicyclic) bond motifs is 1. The lowest BCUT2D eigenvalue weighted by molar-refractivity contribution is 0.0736. The summed E-state index contributed by atoms with van der Waals surface area (Å²) in [6, 6.07) is 10.6. The van der Waals surface area contributed by atoms with E-state index in [0.29, 0.717) is 27.8 Å². The molecule has 3 aromatic rings. The third kappa shape index (κ3) is 3.90. The summed E-state index contributed by atoms with van der Waals surface area (Å²) in [6.45, 7) is 0.808. The summed E-state index contributed by atoms with van der Waals surface area (Å²) in [4.78, 5) is -0.131. The first-order valence-corrected chi connectivity index (χ1v) is 11.0. The fourth-order valence-electron chi connectivity index (χ4n) is 3.19. The first kappa shape index (κ1) is 20.3. The van der Waals surface area contributed by atoms with Crippen molar-refractivity contribution in [2.45, 2.75) is 23.6 Å². The molecule has 154 valence electrons. The summed E-state index contributed by atoms with van der Waals surface area (Å²) in [7, 11) is -4.14. The number of rotatable bonds is 5. The number of benzene rings is 2. The quantitative estimate of drug-likeness (QED) is 0.569. The van der Waals surface area contributed by atoms with E-state index in [1.165, 1.54) is 24.5 Å². The maximum Gasteiger partial charge on any atom is 0.279 e. The largest absolute Gasteiger partial charge is 0.483 e. The van der Waals surface area contributed by atoms with Gasteiger partial charge < -0.3 is 14.5 Å². The van der Waals surface area contributed by atoms with Gasteiger partial charge in [-0.2, -0.15) is 12.2 Å². The van der Waals surface area contributed by atoms with Crippen LogP contribution in [0.1, 0.15) is 6.42 Å². The molecule has 4 rings (SSSR count). The van der Waals surface area contributed by atoms with Gasteiger partial charge in [0.2, 0.25) is 0 Å². The Balaban J connectivity index is 1.73. The number of furan rings is 1. The van der Waals surface area contributed by atoms with Crippen molar-refractivity contribution in [2.75, 3.05) is 16.9 Å². The Hall–Kier alpha value is -2.00. The van der Waals surface area contributed by atoms with E-state index in [-0.39, 0.29) is 27.9 Å². The van der Waals surface area contributed by atoms with Crippen LogP contribution in [-0.4, -0.2) is 33.8 Å². The molecule has 0 unspecified atom stereocenters. The molecule has 0 amide bonds. The zero-order valence-electron chi connectivity index (χ0n) is 15.0. The monoisotopic (exact) mass is 458 g/mol. The van der Waals surface area contributed by atoms with Gasteiger partial charge in [-0.3, -0.25) is 0 Å². The van der Waals surface area contributed by atoms with Gasteiger partial charge in [-0.1, -0.05) is 23.7 Å². The van der Waals surface area contributed by atoms with Gasteiger partial charge in [0.05, 0.1) is 17.0 Å². The molecule has 10 heteroatoms. The van der Waals surface area contributed by atoms with E-state index < -0.39 is 22.3 Å². The Kier molecular flexibility index (Phi) is 5.61. The minimum Gasteiger partial charge on any atom is -0.483 e. The van der Waals surface area contributed by atoms with Crippen molar-refractivity contribution in [1.82, 2.24) is 5.32 Å². The molecule has 0 aliphatic carbocycles. The molecule has 1 aliphatic rings. The van der Waals surface area contributed by atoms with Crippen LogP contribution in [-0.2, 0) is 10.0 Å². The molecule has 1 fully saturated rings. The van der Waals surface area contributed by atoms with Crippen LogP contribution in [0.15, 0.2) is 58.0 Å². The zero-order chi connectivity index (χ0) is 20.6. The van der Waals surface area contributed by atoms with Crippen molar-refractivity contribution < 1.29 is 22.0 Å². The molecule has 1 aromatic heterocycles. The number of halogens is 3. The molecular weight excluding hydrogens is 442 g/mol. The molecule has 1 aliphatic heterocycles. The third-order valence-corrected chi connectivity index (χ3v) is 7.38. The van der Waals surface area contributed by atoms with Crippen LogP contribution in [0.4, 0.5) is 10.1 Å². The first-order valence-electron chi connectivity index (χ1n) is 8.86. The molecule has 1 N–H and O–H groups in total. The highest BCUT2D eigenvalue weighted by atomic mass is 35.5. The molecule has 1 saturated heterocycles. The average Bonchev–Trinajstić information content (AvgIpc) is 3.18. The van der Waals surface area contributed by atoms with Crippen molar-refractivity contribution in [3.8, 4) is 5.75 Å². The molecular formula is C19H17Cl2FN2O4S. The lowest BCUT2D eigenvalue weighted by atomic mass is 10.1. The van der Waals surface area contributed by atoms with Gasteiger partial charge in [0.25, 0.3) is 10.0 Å². The molecule has 6 nitrogen and oxygen atoms in total. The first-order chi connectivity index (χ1) is 13.9. The normalized spacial score (nSPS) is 20.0. The van der Waals surface area contributed by atoms with Gasteiger partial charge in [0, 0.05) is 29.8 Å². The fraction of sp³-hybridized carbons (Fsp3) is 0.263. The van der Waals surface area contributed by atoms with Gasteiger partial charge in [0.15, 0.2) is 11.3 Å². The summed E-state index contributed by atoms with van der Waals surface area (Å²) < 4.78 is 52.0. The number of nitrogens with one attached hydrogen (secondary N) is 1. The average molecular weight is 459 g/mol. The van der Waals surface area contributed by atoms with E-state index >= 15 is 0 Å². The van der Waals surface area contributed by atoms with E-state index in [1.54, 1.807) is 24.3 Å². The second kappa shape index (κ2) is 8.02. The highest BCUT2D eigenvalue weighted by molar-refractivity contribution is 7.94. The van der Waals surface area contributed by atoms with E-state index in [0.717, 1.165) is 0 Å². The van der Waals surface area contributed by atoms with Gasteiger partial charge in [-0.05, 0) is 37.2 Å². The summed E-state index contributed by atoms with van der Waals surface area (Å²) in [5.41, 5.74) is 0.513. The summed E-state index contributed by atoms with van der Waals surface area (Å²) in [5.74, 6) is 0.219. The number of alkyl halides is 1. The minimum absolute atomic E-state index is 0.0500. The molecule has 2 heterocycles. The number of nitrogens with zero attached hydrogens (tertiary/aromatic N) is 1. The Bertz CT molecular complexity index is 1140. The lowest BCUT2D eigenvalue weighted by Gasteiger charge is -2.27. The van der Waals surface area contributed by atoms with Crippen LogP contribution in [0.3, 0.4) is 0 Å². The Morgan fingerprint density at radius 1 is 1.24 bits per heavy atom. The predicted octanol–water partition coefficient (Wildman–Crippen LogP) is 4.51. The fourth-order valence-corrected chi connectivity index (χ4v) is 5.06. The number of hydrogen-bond acceptors (Lipinski definition) is 5. The van der Waals surface area contributed by atoms with Gasteiger partial charge in [0.1, 0.15) is 17.2 Å². The maximum absolute atomic E-state index is 14.2. The van der Waals surface area contributed by atoms with Crippen LogP contribution in [0.2, 0.25) is 5.02 Å². The number of hydrogen-bond donors (Lipinski definition) is 1. The van der Waals surface area contributed by atoms with Gasteiger partial charge in [-0.15, -0.1) is 0 Å². The zero-order valence-corrected chi connectivity index (χ0v) is 17.3. The van der Waals surface area contributed by atoms with E-state index in [2.05, 4.69) is 5.32 Å². The van der Waals surface area contributed by atoms with E-state index in [9.17, 15) is 12.8 Å². The second-order valence-electron chi connectivity index (χ2n) is 6.60. The highest BCUT2D eigenvalue weighted by Gasteiger charge is 2.30. The molecule has 2 aromatic carbocycles. The molecule has 0 saturated carbocycles. The number of ether oxygens (including phenoxy) is 1. The maximum atomic E-state index is 14.2. The highest BCUT2D eigenvalue weighted by Crippen LogP contribution is 2.37. The van der Waals surface area contributed by atoms with Gasteiger partial charge >= 0.3 is 0 Å². The molecule has 0 radical (unpaired) electrons. The summed E-state index contributed by atoms with van der Waals surface area (Å²) in [6.07, 6.45) is 0.0357. The molecule has 29 heavy (non-hydrogen) atoms. The van der Waals surface area contributed by atoms with E-state index in [4.69, 9.17) is 32.5 Å². The number of piperidine rings is 1. The van der Waals surface area contributed by atoms with Crippen molar-refractivity contribution in [1.29, 1.82) is 0 Å². The van der Waals surface area contributed by atoms with Crippen LogP contribution in [0, 0.1) is 0 Å². The SMILES string of the molecule is O=S(=O)(c1ccccc1Cl)N(Cl)c1cc(O[C@@H]2CCNC[C@H]2F)c2occc2c1. The molecule has 2 atom stereocenters. The Morgan fingerprint density at radius 3 is 2.79 bits per heavy atom. The molecule has 0 spiro atoms. The topological polar surface area (TPSA) is 71.8 Å². The van der Waals surface area contributed by atoms with Crippen molar-refractivity contribution in [3.05, 3.63) is 53.8 Å². The minimum atomic E-state index is -4.14. The van der Waals surface area contributed by atoms with Crippen LogP contribution >= 0.6 is 23.4 Å². The Labute approximate surface area is 177 Å². The third-order valence-electron chi connectivity index (χ3n) is 4.66. The van der Waals surface area contributed by atoms with Crippen LogP contribution < -0.4 is 13.9 Å². The van der Waals surface area contributed by atoms with Crippen molar-refractivity contribution in [2.24, 2.45) is 0 Å². The lowest BCUT2D eigenvalue weighted by Crippen LogP contribution is -2.44. The smallest absolute Gasteiger partial charge is 0.279 e. The number of anilines is 1. The van der Waals surface area contributed by atoms with Crippen molar-refractivity contribution >= 4 is 50.1 Å². The van der Waals surface area contributed by atoms with Crippen molar-refractivity contribution in [3.63, 3.8) is 0 Å². The van der Waals surface area contributed by atoms with Crippen LogP contribution in [0.5, 0.6) is 5.75 Å². The number of sulfonamides is 1.